The minimum Gasteiger partial charge on any atom is -0.325 e. The minimum atomic E-state index is -0.141. The first-order chi connectivity index (χ1) is 6.63. The van der Waals surface area contributed by atoms with Crippen LogP contribution in [-0.4, -0.2) is 10.7 Å². The van der Waals surface area contributed by atoms with Crippen LogP contribution in [0.15, 0.2) is 24.3 Å². The number of nitrogens with one attached hydrogen (secondary N) is 1. The fraction of sp³-hybridized carbons (Fsp3) is 0.300. The summed E-state index contributed by atoms with van der Waals surface area (Å²) in [6.45, 7) is 1.95. The molecule has 0 saturated carbocycles. The lowest BCUT2D eigenvalue weighted by Crippen LogP contribution is -2.21. The van der Waals surface area contributed by atoms with Gasteiger partial charge in [0.1, 0.15) is 0 Å². The van der Waals surface area contributed by atoms with Crippen molar-refractivity contribution in [2.45, 2.75) is 18.2 Å². The van der Waals surface area contributed by atoms with E-state index in [2.05, 4.69) is 21.2 Å². The van der Waals surface area contributed by atoms with Crippen molar-refractivity contribution in [2.24, 2.45) is 0 Å². The van der Waals surface area contributed by atoms with Gasteiger partial charge in [-0.25, -0.2) is 0 Å². The van der Waals surface area contributed by atoms with Gasteiger partial charge in [-0.1, -0.05) is 34.5 Å². The first kappa shape index (κ1) is 11.5. The van der Waals surface area contributed by atoms with Crippen molar-refractivity contribution >= 4 is 39.1 Å². The third kappa shape index (κ3) is 3.31. The zero-order chi connectivity index (χ0) is 10.6. The van der Waals surface area contributed by atoms with Gasteiger partial charge in [-0.05, 0) is 30.7 Å². The van der Waals surface area contributed by atoms with Crippen molar-refractivity contribution in [3.8, 4) is 0 Å². The van der Waals surface area contributed by atoms with Crippen molar-refractivity contribution < 1.29 is 4.79 Å². The largest absolute Gasteiger partial charge is 0.325 e. The summed E-state index contributed by atoms with van der Waals surface area (Å²) in [5, 5.41) is 3.44. The van der Waals surface area contributed by atoms with Crippen LogP contribution in [-0.2, 0) is 4.79 Å². The number of hydrogen-bond acceptors (Lipinski definition) is 1. The first-order valence-corrected chi connectivity index (χ1v) is 5.63. The second-order valence-corrected chi connectivity index (χ2v) is 4.41. The summed E-state index contributed by atoms with van der Waals surface area (Å²) in [5.74, 6) is -0.0326. The fourth-order valence-corrected chi connectivity index (χ4v) is 1.18. The quantitative estimate of drug-likeness (QED) is 0.842. The number of rotatable bonds is 3. The molecule has 0 unspecified atom stereocenters. The molecular weight excluding hydrogens is 265 g/mol. The number of benzene rings is 1. The molecule has 0 bridgehead atoms. The second kappa shape index (κ2) is 5.37. The number of hydrogen-bond donors (Lipinski definition) is 1. The Hall–Kier alpha value is -0.540. The summed E-state index contributed by atoms with van der Waals surface area (Å²) in [7, 11) is 0. The Labute approximate surface area is 96.8 Å². The maximum Gasteiger partial charge on any atom is 0.238 e. The molecule has 2 nitrogen and oxygen atoms in total. The molecule has 0 fully saturated rings. The molecule has 1 rings (SSSR count). The minimum absolute atomic E-state index is 0.0326. The van der Waals surface area contributed by atoms with Crippen LogP contribution >= 0.6 is 27.5 Å². The van der Waals surface area contributed by atoms with Gasteiger partial charge >= 0.3 is 0 Å². The average Bonchev–Trinajstić information content (AvgIpc) is 2.20. The molecule has 0 aliphatic rings. The summed E-state index contributed by atoms with van der Waals surface area (Å²) in [5.41, 5.74) is 0.761. The summed E-state index contributed by atoms with van der Waals surface area (Å²) in [6, 6.07) is 7.03. The van der Waals surface area contributed by atoms with Crippen molar-refractivity contribution in [1.29, 1.82) is 0 Å². The lowest BCUT2D eigenvalue weighted by atomic mass is 10.3. The molecular formula is C10H11BrClNO. The number of anilines is 1. The van der Waals surface area contributed by atoms with Gasteiger partial charge in [0, 0.05) is 10.7 Å². The summed E-state index contributed by atoms with van der Waals surface area (Å²) >= 11 is 8.99. The number of amides is 1. The predicted molar refractivity (Wildman–Crippen MR) is 63.1 cm³/mol. The number of carbonyl (C=O) groups excluding carboxylic acids is 1. The van der Waals surface area contributed by atoms with Crippen molar-refractivity contribution in [3.05, 3.63) is 29.3 Å². The van der Waals surface area contributed by atoms with Gasteiger partial charge in [0.25, 0.3) is 0 Å². The van der Waals surface area contributed by atoms with E-state index in [-0.39, 0.29) is 10.7 Å². The highest BCUT2D eigenvalue weighted by Gasteiger charge is 2.11. The van der Waals surface area contributed by atoms with Crippen LogP contribution in [0, 0.1) is 0 Å². The van der Waals surface area contributed by atoms with E-state index < -0.39 is 0 Å². The predicted octanol–water partition coefficient (Wildman–Crippen LogP) is 3.45. The zero-order valence-corrected chi connectivity index (χ0v) is 10.1. The monoisotopic (exact) mass is 275 g/mol. The Bertz CT molecular complexity index is 312. The van der Waals surface area contributed by atoms with Crippen molar-refractivity contribution in [3.63, 3.8) is 0 Å². The highest BCUT2D eigenvalue weighted by atomic mass is 79.9. The fourth-order valence-electron chi connectivity index (χ4n) is 0.939. The Morgan fingerprint density at radius 2 is 2.07 bits per heavy atom. The van der Waals surface area contributed by atoms with E-state index >= 15 is 0 Å². The molecule has 1 amide bonds. The third-order valence-electron chi connectivity index (χ3n) is 1.75. The Balaban J connectivity index is 2.60. The maximum atomic E-state index is 11.4. The molecule has 0 aliphatic heterocycles. The Kier molecular flexibility index (Phi) is 4.42. The Morgan fingerprint density at radius 1 is 1.50 bits per heavy atom. The standard InChI is InChI=1S/C10H11BrClNO/c1-2-9(11)10(14)13-8-5-3-7(12)4-6-8/h3-6,9H,2H2,1H3,(H,13,14)/t9-/m1/s1. The average molecular weight is 277 g/mol. The molecule has 1 aromatic rings. The van der Waals surface area contributed by atoms with Gasteiger partial charge in [0.05, 0.1) is 4.83 Å². The molecule has 1 atom stereocenters. The third-order valence-corrected chi connectivity index (χ3v) is 3.07. The molecule has 4 heteroatoms. The number of carbonyl (C=O) groups is 1. The maximum absolute atomic E-state index is 11.4. The smallest absolute Gasteiger partial charge is 0.238 e. The molecule has 0 heterocycles. The van der Waals surface area contributed by atoms with Crippen molar-refractivity contribution in [1.82, 2.24) is 0 Å². The van der Waals surface area contributed by atoms with E-state index in [0.29, 0.717) is 5.02 Å². The highest BCUT2D eigenvalue weighted by Crippen LogP contribution is 2.15. The zero-order valence-electron chi connectivity index (χ0n) is 7.76. The van der Waals surface area contributed by atoms with E-state index in [4.69, 9.17) is 11.6 Å². The lowest BCUT2D eigenvalue weighted by Gasteiger charge is -2.08. The summed E-state index contributed by atoms with van der Waals surface area (Å²) < 4.78 is 0. The molecule has 0 radical (unpaired) electrons. The molecule has 76 valence electrons. The molecule has 0 aromatic heterocycles. The number of alkyl halides is 1. The van der Waals surface area contributed by atoms with Crippen LogP contribution in [0.4, 0.5) is 5.69 Å². The van der Waals surface area contributed by atoms with Gasteiger partial charge in [-0.3, -0.25) is 4.79 Å². The van der Waals surface area contributed by atoms with Gasteiger partial charge in [-0.2, -0.15) is 0 Å². The van der Waals surface area contributed by atoms with E-state index in [1.165, 1.54) is 0 Å². The van der Waals surface area contributed by atoms with Crippen LogP contribution < -0.4 is 5.32 Å². The molecule has 1 aromatic carbocycles. The van der Waals surface area contributed by atoms with Crippen LogP contribution in [0.2, 0.25) is 5.02 Å². The molecule has 0 saturated heterocycles. The molecule has 1 N–H and O–H groups in total. The molecule has 14 heavy (non-hydrogen) atoms. The highest BCUT2D eigenvalue weighted by molar-refractivity contribution is 9.10. The van der Waals surface area contributed by atoms with Gasteiger partial charge in [0.2, 0.25) is 5.91 Å². The van der Waals surface area contributed by atoms with Crippen LogP contribution in [0.5, 0.6) is 0 Å². The van der Waals surface area contributed by atoms with E-state index in [9.17, 15) is 4.79 Å². The summed E-state index contributed by atoms with van der Waals surface area (Å²) in [4.78, 5) is 11.3. The van der Waals surface area contributed by atoms with Crippen LogP contribution in [0.1, 0.15) is 13.3 Å². The SMILES string of the molecule is CC[C@@H](Br)C(=O)Nc1ccc(Cl)cc1. The van der Waals surface area contributed by atoms with Crippen LogP contribution in [0.3, 0.4) is 0 Å². The van der Waals surface area contributed by atoms with E-state index in [1.54, 1.807) is 24.3 Å². The van der Waals surface area contributed by atoms with Gasteiger partial charge in [-0.15, -0.1) is 0 Å². The second-order valence-electron chi connectivity index (χ2n) is 2.87. The first-order valence-electron chi connectivity index (χ1n) is 4.34. The topological polar surface area (TPSA) is 29.1 Å². The van der Waals surface area contributed by atoms with E-state index in [1.807, 2.05) is 6.92 Å². The van der Waals surface area contributed by atoms with Gasteiger partial charge in [0.15, 0.2) is 0 Å². The molecule has 0 aliphatic carbocycles. The number of halogens is 2. The normalized spacial score (nSPS) is 12.2. The van der Waals surface area contributed by atoms with E-state index in [0.717, 1.165) is 12.1 Å². The van der Waals surface area contributed by atoms with Crippen LogP contribution in [0.25, 0.3) is 0 Å². The Morgan fingerprint density at radius 3 is 2.57 bits per heavy atom. The van der Waals surface area contributed by atoms with Crippen molar-refractivity contribution in [2.75, 3.05) is 5.32 Å². The van der Waals surface area contributed by atoms with Gasteiger partial charge < -0.3 is 5.32 Å². The lowest BCUT2D eigenvalue weighted by molar-refractivity contribution is -0.115. The summed E-state index contributed by atoms with van der Waals surface area (Å²) in [6.07, 6.45) is 0.763. The molecule has 0 spiro atoms.